The Hall–Kier alpha value is -3.45. The van der Waals surface area contributed by atoms with E-state index in [0.717, 1.165) is 36.0 Å². The lowest BCUT2D eigenvalue weighted by molar-refractivity contribution is 0.368. The Morgan fingerprint density at radius 2 is 1.16 bits per heavy atom. The van der Waals surface area contributed by atoms with Crippen molar-refractivity contribution >= 4 is 51.8 Å². The molecule has 0 aliphatic carbocycles. The van der Waals surface area contributed by atoms with Gasteiger partial charge >= 0.3 is 7.25 Å². The second-order valence-corrected chi connectivity index (χ2v) is 11.0. The molecule has 0 radical (unpaired) electrons. The molecule has 13 heteroatoms. The maximum Gasteiger partial charge on any atom is 0.673 e. The van der Waals surface area contributed by atoms with Crippen molar-refractivity contribution in [3.8, 4) is 0 Å². The van der Waals surface area contributed by atoms with Crippen LogP contribution in [0.5, 0.6) is 0 Å². The lowest BCUT2D eigenvalue weighted by atomic mass is 10.1. The molecule has 0 spiro atoms. The molecule has 0 bridgehead atoms. The van der Waals surface area contributed by atoms with Gasteiger partial charge < -0.3 is 21.7 Å². The van der Waals surface area contributed by atoms with Gasteiger partial charge in [-0.05, 0) is 36.4 Å². The summed E-state index contributed by atoms with van der Waals surface area (Å²) in [5.41, 5.74) is 0.582. The summed E-state index contributed by atoms with van der Waals surface area (Å²) >= 11 is 1.05. The molecule has 5 aromatic rings. The van der Waals surface area contributed by atoms with E-state index in [2.05, 4.69) is 0 Å². The van der Waals surface area contributed by atoms with Gasteiger partial charge in [0.15, 0.2) is 38.0 Å². The fourth-order valence-corrected chi connectivity index (χ4v) is 7.68. The van der Waals surface area contributed by atoms with Crippen molar-refractivity contribution in [2.75, 3.05) is 0 Å². The fraction of sp³-hybridized carbons (Fsp3) is 0. The molecule has 0 amide bonds. The molecule has 0 fully saturated rings. The van der Waals surface area contributed by atoms with Gasteiger partial charge in [-0.1, -0.05) is 23.9 Å². The molecule has 1 aliphatic rings. The van der Waals surface area contributed by atoms with E-state index in [0.29, 0.717) is 46.4 Å². The SMILES string of the molecule is F[B-](F)(F)F.O=c1c2ccccc2oc2ccc([S+]3c4cc(F)c(F)cc4Sc4cc(F)c(F)cc43)cc12. The number of hydrogen-bond acceptors (Lipinski definition) is 3. The molecule has 0 N–H and O–H groups in total. The Morgan fingerprint density at radius 3 is 1.74 bits per heavy atom. The third-order valence-corrected chi connectivity index (χ3v) is 9.07. The van der Waals surface area contributed by atoms with Crippen LogP contribution < -0.4 is 5.43 Å². The minimum absolute atomic E-state index is 0.236. The standard InChI is InChI=1S/C25H11F4O2S2.BF4/c26-15-8-21-23(10-17(15)28)33(24-11-18(29)16(27)9-22(24)32-21)12-5-6-20-14(7-12)25(30)13-3-1-2-4-19(13)31-20;2-1(3,4)5/h1-11H;/q+1;-1. The van der Waals surface area contributed by atoms with Gasteiger partial charge in [-0.25, -0.2) is 17.6 Å². The molecule has 38 heavy (non-hydrogen) atoms. The van der Waals surface area contributed by atoms with Crippen LogP contribution in [0, 0.1) is 23.3 Å². The van der Waals surface area contributed by atoms with E-state index in [1.54, 1.807) is 42.5 Å². The predicted octanol–water partition coefficient (Wildman–Crippen LogP) is 8.36. The van der Waals surface area contributed by atoms with Crippen molar-refractivity contribution < 1.29 is 39.2 Å². The molecule has 2 heterocycles. The van der Waals surface area contributed by atoms with E-state index in [4.69, 9.17) is 4.42 Å². The quantitative estimate of drug-likeness (QED) is 0.0862. The van der Waals surface area contributed by atoms with Gasteiger partial charge in [-0.15, -0.1) is 0 Å². The van der Waals surface area contributed by atoms with E-state index in [1.807, 2.05) is 0 Å². The highest BCUT2D eigenvalue weighted by Crippen LogP contribution is 2.49. The van der Waals surface area contributed by atoms with Crippen LogP contribution in [0.3, 0.4) is 0 Å². The average molecular weight is 570 g/mol. The van der Waals surface area contributed by atoms with Crippen LogP contribution in [0.25, 0.3) is 21.9 Å². The highest BCUT2D eigenvalue weighted by atomic mass is 32.2. The van der Waals surface area contributed by atoms with E-state index in [-0.39, 0.29) is 5.43 Å². The number of para-hydroxylation sites is 1. The number of fused-ring (bicyclic) bond motifs is 4. The summed E-state index contributed by atoms with van der Waals surface area (Å²) < 4.78 is 101. The first-order chi connectivity index (χ1) is 17.9. The second-order valence-electron chi connectivity index (χ2n) is 7.91. The monoisotopic (exact) mass is 570 g/mol. The Bertz CT molecular complexity index is 1730. The molecule has 0 atom stereocenters. The summed E-state index contributed by atoms with van der Waals surface area (Å²) in [5.74, 6) is -4.13. The first-order valence-electron chi connectivity index (χ1n) is 10.6. The van der Waals surface area contributed by atoms with Gasteiger partial charge in [0.25, 0.3) is 0 Å². The molecule has 0 saturated heterocycles. The van der Waals surface area contributed by atoms with E-state index >= 15 is 0 Å². The van der Waals surface area contributed by atoms with Crippen molar-refractivity contribution in [1.29, 1.82) is 0 Å². The van der Waals surface area contributed by atoms with E-state index < -0.39 is 41.4 Å². The fourth-order valence-electron chi connectivity index (χ4n) is 3.90. The van der Waals surface area contributed by atoms with Crippen LogP contribution in [0.2, 0.25) is 0 Å². The van der Waals surface area contributed by atoms with Crippen LogP contribution in [0.15, 0.2) is 100 Å². The highest BCUT2D eigenvalue weighted by molar-refractivity contribution is 8.04. The van der Waals surface area contributed by atoms with Gasteiger partial charge in [0.05, 0.1) is 20.6 Å². The third-order valence-electron chi connectivity index (χ3n) is 5.42. The summed E-state index contributed by atoms with van der Waals surface area (Å²) in [5, 5.41) is 0.719. The zero-order valence-electron chi connectivity index (χ0n) is 18.6. The lowest BCUT2D eigenvalue weighted by Crippen LogP contribution is -2.14. The lowest BCUT2D eigenvalue weighted by Gasteiger charge is -2.19. The van der Waals surface area contributed by atoms with Gasteiger partial charge in [-0.2, -0.15) is 0 Å². The van der Waals surface area contributed by atoms with Gasteiger partial charge in [-0.3, -0.25) is 4.79 Å². The van der Waals surface area contributed by atoms with Gasteiger partial charge in [0, 0.05) is 18.2 Å². The maximum atomic E-state index is 14.2. The third kappa shape index (κ3) is 5.00. The van der Waals surface area contributed by atoms with Gasteiger partial charge in [0.1, 0.15) is 22.1 Å². The Morgan fingerprint density at radius 1 is 0.658 bits per heavy atom. The molecular weight excluding hydrogens is 559 g/mol. The highest BCUT2D eigenvalue weighted by Gasteiger charge is 2.40. The van der Waals surface area contributed by atoms with Crippen LogP contribution in [-0.4, -0.2) is 7.25 Å². The molecule has 1 aromatic heterocycles. The predicted molar refractivity (Wildman–Crippen MR) is 129 cm³/mol. The number of hydrogen-bond donors (Lipinski definition) is 0. The van der Waals surface area contributed by atoms with Crippen molar-refractivity contribution in [2.24, 2.45) is 0 Å². The largest absolute Gasteiger partial charge is 0.673 e. The molecule has 194 valence electrons. The molecule has 2 nitrogen and oxygen atoms in total. The smallest absolute Gasteiger partial charge is 0.456 e. The van der Waals surface area contributed by atoms with E-state index in [9.17, 15) is 39.6 Å². The maximum absolute atomic E-state index is 14.2. The van der Waals surface area contributed by atoms with Crippen LogP contribution in [0.1, 0.15) is 0 Å². The van der Waals surface area contributed by atoms with Crippen molar-refractivity contribution in [1.82, 2.24) is 0 Å². The summed E-state index contributed by atoms with van der Waals surface area (Å²) in [6.45, 7) is 0. The summed E-state index contributed by atoms with van der Waals surface area (Å²) in [6, 6.07) is 16.1. The first kappa shape index (κ1) is 26.2. The molecule has 1 aliphatic heterocycles. The minimum atomic E-state index is -6.00. The topological polar surface area (TPSA) is 30.2 Å². The average Bonchev–Trinajstić information content (AvgIpc) is 2.84. The van der Waals surface area contributed by atoms with Gasteiger partial charge in [0.2, 0.25) is 5.43 Å². The number of halogens is 8. The second kappa shape index (κ2) is 9.70. The summed E-state index contributed by atoms with van der Waals surface area (Å²) in [4.78, 5) is 15.4. The zero-order valence-corrected chi connectivity index (χ0v) is 20.2. The van der Waals surface area contributed by atoms with Crippen molar-refractivity contribution in [2.45, 2.75) is 24.5 Å². The molecule has 0 unspecified atom stereocenters. The van der Waals surface area contributed by atoms with Crippen LogP contribution in [0.4, 0.5) is 34.8 Å². The van der Waals surface area contributed by atoms with Crippen LogP contribution in [-0.2, 0) is 10.9 Å². The molecular formula is C25H11BF8O2S2. The number of benzene rings is 4. The Balaban J connectivity index is 0.000000540. The summed E-state index contributed by atoms with van der Waals surface area (Å²) in [6.07, 6.45) is 0. The Labute approximate surface area is 215 Å². The molecule has 6 rings (SSSR count). The summed E-state index contributed by atoms with van der Waals surface area (Å²) in [7, 11) is -7.11. The van der Waals surface area contributed by atoms with Crippen LogP contribution >= 0.6 is 11.8 Å². The molecule has 0 saturated carbocycles. The normalized spacial score (nSPS) is 13.2. The van der Waals surface area contributed by atoms with Crippen molar-refractivity contribution in [3.63, 3.8) is 0 Å². The zero-order chi connectivity index (χ0) is 27.4. The number of rotatable bonds is 1. The van der Waals surface area contributed by atoms with E-state index in [1.165, 1.54) is 0 Å². The van der Waals surface area contributed by atoms with Crippen molar-refractivity contribution in [3.05, 3.63) is 100 Å². The Kier molecular flexibility index (Phi) is 6.68. The molecule has 4 aromatic carbocycles. The first-order valence-corrected chi connectivity index (χ1v) is 12.7. The minimum Gasteiger partial charge on any atom is -0.456 e.